The minimum atomic E-state index is -0.126. The van der Waals surface area contributed by atoms with E-state index in [1.54, 1.807) is 12.1 Å². The fourth-order valence-electron chi connectivity index (χ4n) is 2.42. The van der Waals surface area contributed by atoms with Crippen molar-refractivity contribution in [1.29, 1.82) is 0 Å². The molecule has 0 aliphatic rings. The zero-order valence-corrected chi connectivity index (χ0v) is 12.6. The second kappa shape index (κ2) is 5.85. The Balaban J connectivity index is 1.93. The van der Waals surface area contributed by atoms with Crippen LogP contribution < -0.4 is 5.32 Å². The highest BCUT2D eigenvalue weighted by Crippen LogP contribution is 2.23. The Labute approximate surface area is 129 Å². The third kappa shape index (κ3) is 2.63. The zero-order valence-electron chi connectivity index (χ0n) is 12.6. The summed E-state index contributed by atoms with van der Waals surface area (Å²) in [6, 6.07) is 19.0. The second-order valence-corrected chi connectivity index (χ2v) is 5.11. The van der Waals surface area contributed by atoms with Crippen LogP contribution in [0, 0.1) is 13.8 Å². The minimum absolute atomic E-state index is 0.126. The molecule has 3 rings (SSSR count). The average Bonchev–Trinajstić information content (AvgIpc) is 2.84. The molecular weight excluding hydrogens is 274 g/mol. The number of carbonyl (C=O) groups excluding carboxylic acids is 1. The lowest BCUT2D eigenvalue weighted by molar-refractivity contribution is 0.102. The van der Waals surface area contributed by atoms with Crippen molar-refractivity contribution in [3.05, 3.63) is 77.6 Å². The van der Waals surface area contributed by atoms with Crippen molar-refractivity contribution in [2.75, 3.05) is 5.32 Å². The molecule has 0 fully saturated rings. The number of aromatic nitrogens is 2. The molecule has 0 radical (unpaired) electrons. The summed E-state index contributed by atoms with van der Waals surface area (Å²) in [6.07, 6.45) is 0. The van der Waals surface area contributed by atoms with E-state index in [-0.39, 0.29) is 5.91 Å². The summed E-state index contributed by atoms with van der Waals surface area (Å²) in [4.78, 5) is 12.3. The average molecular weight is 291 g/mol. The summed E-state index contributed by atoms with van der Waals surface area (Å²) in [5, 5.41) is 7.49. The van der Waals surface area contributed by atoms with Gasteiger partial charge in [-0.3, -0.25) is 4.79 Å². The molecule has 0 aliphatic heterocycles. The van der Waals surface area contributed by atoms with Gasteiger partial charge in [0.2, 0.25) is 0 Å². The molecule has 1 amide bonds. The van der Waals surface area contributed by atoms with Gasteiger partial charge in [0, 0.05) is 5.56 Å². The first-order valence-electron chi connectivity index (χ1n) is 7.15. The number of carbonyl (C=O) groups is 1. The molecule has 0 bridgehead atoms. The standard InChI is InChI=1S/C18H17N3O/c1-13-17(19-18(22)15-9-5-3-6-10-15)14(2)21(20-13)16-11-7-4-8-12-16/h3-12H,1-2H3,(H,19,22). The second-order valence-electron chi connectivity index (χ2n) is 5.11. The number of benzene rings is 2. The molecule has 0 spiro atoms. The highest BCUT2D eigenvalue weighted by atomic mass is 16.1. The van der Waals surface area contributed by atoms with Gasteiger partial charge in [0.05, 0.1) is 22.8 Å². The Kier molecular flexibility index (Phi) is 3.74. The third-order valence-electron chi connectivity index (χ3n) is 3.57. The van der Waals surface area contributed by atoms with E-state index in [0.717, 1.165) is 22.8 Å². The molecule has 110 valence electrons. The zero-order chi connectivity index (χ0) is 15.5. The van der Waals surface area contributed by atoms with E-state index in [4.69, 9.17) is 0 Å². The number of hydrogen-bond acceptors (Lipinski definition) is 2. The van der Waals surface area contributed by atoms with Gasteiger partial charge in [0.1, 0.15) is 0 Å². The van der Waals surface area contributed by atoms with Gasteiger partial charge in [-0.25, -0.2) is 4.68 Å². The van der Waals surface area contributed by atoms with Gasteiger partial charge in [-0.1, -0.05) is 36.4 Å². The predicted octanol–water partition coefficient (Wildman–Crippen LogP) is 3.74. The van der Waals surface area contributed by atoms with Crippen LogP contribution in [0.25, 0.3) is 5.69 Å². The Bertz CT molecular complexity index is 792. The maximum absolute atomic E-state index is 12.3. The van der Waals surface area contributed by atoms with Crippen LogP contribution in [0.3, 0.4) is 0 Å². The molecular formula is C18H17N3O. The van der Waals surface area contributed by atoms with Crippen molar-refractivity contribution < 1.29 is 4.79 Å². The number of anilines is 1. The van der Waals surface area contributed by atoms with Crippen molar-refractivity contribution in [3.63, 3.8) is 0 Å². The van der Waals surface area contributed by atoms with Crippen LogP contribution >= 0.6 is 0 Å². The van der Waals surface area contributed by atoms with Crippen molar-refractivity contribution in [2.24, 2.45) is 0 Å². The van der Waals surface area contributed by atoms with Crippen LogP contribution in [-0.4, -0.2) is 15.7 Å². The van der Waals surface area contributed by atoms with E-state index in [2.05, 4.69) is 10.4 Å². The normalized spacial score (nSPS) is 10.5. The first kappa shape index (κ1) is 14.1. The van der Waals surface area contributed by atoms with E-state index < -0.39 is 0 Å². The monoisotopic (exact) mass is 291 g/mol. The maximum Gasteiger partial charge on any atom is 0.255 e. The molecule has 0 saturated heterocycles. The summed E-state index contributed by atoms with van der Waals surface area (Å²) in [6.45, 7) is 3.85. The Morgan fingerprint density at radius 2 is 1.55 bits per heavy atom. The molecule has 0 saturated carbocycles. The quantitative estimate of drug-likeness (QED) is 0.799. The Hall–Kier alpha value is -2.88. The van der Waals surface area contributed by atoms with Crippen molar-refractivity contribution in [2.45, 2.75) is 13.8 Å². The lowest BCUT2D eigenvalue weighted by Gasteiger charge is -2.07. The van der Waals surface area contributed by atoms with Crippen LogP contribution in [0.15, 0.2) is 60.7 Å². The van der Waals surface area contributed by atoms with Crippen molar-refractivity contribution in [3.8, 4) is 5.69 Å². The molecule has 4 nitrogen and oxygen atoms in total. The number of nitrogens with one attached hydrogen (secondary N) is 1. The highest BCUT2D eigenvalue weighted by Gasteiger charge is 2.15. The van der Waals surface area contributed by atoms with Crippen molar-refractivity contribution >= 4 is 11.6 Å². The fourth-order valence-corrected chi connectivity index (χ4v) is 2.42. The molecule has 2 aromatic carbocycles. The number of para-hydroxylation sites is 1. The van der Waals surface area contributed by atoms with Gasteiger partial charge in [-0.15, -0.1) is 0 Å². The number of nitrogens with zero attached hydrogens (tertiary/aromatic N) is 2. The number of hydrogen-bond donors (Lipinski definition) is 1. The van der Waals surface area contributed by atoms with E-state index >= 15 is 0 Å². The Morgan fingerprint density at radius 3 is 2.18 bits per heavy atom. The Morgan fingerprint density at radius 1 is 0.955 bits per heavy atom. The van der Waals surface area contributed by atoms with Gasteiger partial charge in [0.15, 0.2) is 0 Å². The van der Waals surface area contributed by atoms with Gasteiger partial charge in [0.25, 0.3) is 5.91 Å². The molecule has 1 N–H and O–H groups in total. The van der Waals surface area contributed by atoms with Crippen molar-refractivity contribution in [1.82, 2.24) is 9.78 Å². The number of rotatable bonds is 3. The summed E-state index contributed by atoms with van der Waals surface area (Å²) >= 11 is 0. The van der Waals surface area contributed by atoms with Gasteiger partial charge >= 0.3 is 0 Å². The lowest BCUT2D eigenvalue weighted by Crippen LogP contribution is -2.13. The van der Waals surface area contributed by atoms with Crippen LogP contribution in [0.1, 0.15) is 21.7 Å². The molecule has 1 aromatic heterocycles. The smallest absolute Gasteiger partial charge is 0.255 e. The largest absolute Gasteiger partial charge is 0.319 e. The van der Waals surface area contributed by atoms with E-state index in [1.165, 1.54) is 0 Å². The third-order valence-corrected chi connectivity index (χ3v) is 3.57. The highest BCUT2D eigenvalue weighted by molar-refractivity contribution is 6.04. The molecule has 22 heavy (non-hydrogen) atoms. The summed E-state index contributed by atoms with van der Waals surface area (Å²) in [7, 11) is 0. The van der Waals surface area contributed by atoms with E-state index in [1.807, 2.05) is 67.1 Å². The molecule has 4 heteroatoms. The predicted molar refractivity (Wildman–Crippen MR) is 87.4 cm³/mol. The van der Waals surface area contributed by atoms with Crippen LogP contribution in [0.5, 0.6) is 0 Å². The molecule has 3 aromatic rings. The fraction of sp³-hybridized carbons (Fsp3) is 0.111. The first-order chi connectivity index (χ1) is 10.7. The van der Waals surface area contributed by atoms with Crippen LogP contribution in [-0.2, 0) is 0 Å². The summed E-state index contributed by atoms with van der Waals surface area (Å²) < 4.78 is 1.84. The first-order valence-corrected chi connectivity index (χ1v) is 7.15. The van der Waals surface area contributed by atoms with Crippen LogP contribution in [0.4, 0.5) is 5.69 Å². The summed E-state index contributed by atoms with van der Waals surface area (Å²) in [5.41, 5.74) is 4.08. The van der Waals surface area contributed by atoms with Gasteiger partial charge in [-0.05, 0) is 38.1 Å². The SMILES string of the molecule is Cc1nn(-c2ccccc2)c(C)c1NC(=O)c1ccccc1. The number of aryl methyl sites for hydroxylation is 1. The van der Waals surface area contributed by atoms with Gasteiger partial charge < -0.3 is 5.32 Å². The molecule has 0 atom stereocenters. The maximum atomic E-state index is 12.3. The minimum Gasteiger partial charge on any atom is -0.319 e. The van der Waals surface area contributed by atoms with E-state index in [9.17, 15) is 4.79 Å². The van der Waals surface area contributed by atoms with Crippen LogP contribution in [0.2, 0.25) is 0 Å². The topological polar surface area (TPSA) is 46.9 Å². The summed E-state index contributed by atoms with van der Waals surface area (Å²) in [5.74, 6) is -0.126. The molecule has 0 aliphatic carbocycles. The van der Waals surface area contributed by atoms with Gasteiger partial charge in [-0.2, -0.15) is 5.10 Å². The van der Waals surface area contributed by atoms with E-state index in [0.29, 0.717) is 5.56 Å². The molecule has 1 heterocycles. The lowest BCUT2D eigenvalue weighted by atomic mass is 10.2. The molecule has 0 unspecified atom stereocenters. The number of amides is 1.